The number of carbonyl (C=O) groups is 2. The molecule has 0 aliphatic heterocycles. The summed E-state index contributed by atoms with van der Waals surface area (Å²) in [5.41, 5.74) is 7.78. The first kappa shape index (κ1) is 19.5. The number of amides is 2. The van der Waals surface area contributed by atoms with Crippen LogP contribution < -0.4 is 27.9 Å². The maximum atomic E-state index is 12.7. The summed E-state index contributed by atoms with van der Waals surface area (Å²) in [5.74, 6) is 3.99. The minimum Gasteiger partial charge on any atom is -0.398 e. The number of nitrogens with two attached hydrogens (primary N) is 2. The molecule has 26 heavy (non-hydrogen) atoms. The highest BCUT2D eigenvalue weighted by molar-refractivity contribution is 6.33. The highest BCUT2D eigenvalue weighted by Crippen LogP contribution is 2.20. The molecule has 0 aliphatic rings. The number of carbonyl (C=O) groups excluding carboxylic acids is 2. The largest absolute Gasteiger partial charge is 0.398 e. The van der Waals surface area contributed by atoms with E-state index in [0.29, 0.717) is 5.69 Å². The van der Waals surface area contributed by atoms with Crippen LogP contribution >= 0.6 is 11.6 Å². The van der Waals surface area contributed by atoms with Gasteiger partial charge in [-0.05, 0) is 36.2 Å². The maximum Gasteiger partial charge on any atom is 0.275 e. The van der Waals surface area contributed by atoms with E-state index in [1.807, 2.05) is 0 Å². The van der Waals surface area contributed by atoms with E-state index in [9.17, 15) is 14.4 Å². The van der Waals surface area contributed by atoms with Crippen LogP contribution in [0.2, 0.25) is 5.02 Å². The van der Waals surface area contributed by atoms with E-state index in [4.69, 9.17) is 23.2 Å². The predicted octanol–water partition coefficient (Wildman–Crippen LogP) is 1.52. The molecule has 2 amide bonds. The van der Waals surface area contributed by atoms with Crippen LogP contribution in [0.5, 0.6) is 0 Å². The SMILES string of the molecule is CC(C)C(C(=O)NN)n1cccc(NC(=O)c2ccc(N)c(Cl)c2)c1=O. The summed E-state index contributed by atoms with van der Waals surface area (Å²) in [5, 5.41) is 2.77. The van der Waals surface area contributed by atoms with Crippen molar-refractivity contribution in [2.24, 2.45) is 11.8 Å². The van der Waals surface area contributed by atoms with Crippen molar-refractivity contribution in [3.05, 3.63) is 57.5 Å². The molecular weight excluding hydrogens is 358 g/mol. The number of pyridine rings is 1. The van der Waals surface area contributed by atoms with Crippen LogP contribution in [0.4, 0.5) is 11.4 Å². The number of hydrazine groups is 1. The molecule has 0 fully saturated rings. The van der Waals surface area contributed by atoms with Crippen LogP contribution in [0.25, 0.3) is 0 Å². The van der Waals surface area contributed by atoms with Crippen LogP contribution in [0.3, 0.4) is 0 Å². The van der Waals surface area contributed by atoms with Crippen LogP contribution in [0.1, 0.15) is 30.2 Å². The Kier molecular flexibility index (Phi) is 6.01. The normalized spacial score (nSPS) is 11.9. The molecule has 9 heteroatoms. The van der Waals surface area contributed by atoms with Gasteiger partial charge in [0.2, 0.25) is 0 Å². The summed E-state index contributed by atoms with van der Waals surface area (Å²) in [6, 6.07) is 6.61. The molecule has 1 atom stereocenters. The summed E-state index contributed by atoms with van der Waals surface area (Å²) in [4.78, 5) is 37.1. The van der Waals surface area contributed by atoms with Gasteiger partial charge in [0.25, 0.3) is 17.4 Å². The fraction of sp³-hybridized carbons (Fsp3) is 0.235. The number of halogens is 1. The average Bonchev–Trinajstić information content (AvgIpc) is 2.60. The second-order valence-corrected chi connectivity index (χ2v) is 6.43. The number of hydrogen-bond donors (Lipinski definition) is 4. The van der Waals surface area contributed by atoms with Crippen molar-refractivity contribution < 1.29 is 9.59 Å². The Hall–Kier alpha value is -2.84. The molecule has 0 aliphatic carbocycles. The van der Waals surface area contributed by atoms with Gasteiger partial charge < -0.3 is 15.6 Å². The third kappa shape index (κ3) is 4.04. The van der Waals surface area contributed by atoms with E-state index in [1.165, 1.54) is 35.0 Å². The van der Waals surface area contributed by atoms with Crippen molar-refractivity contribution in [1.29, 1.82) is 0 Å². The summed E-state index contributed by atoms with van der Waals surface area (Å²) < 4.78 is 1.23. The number of hydrogen-bond acceptors (Lipinski definition) is 5. The molecule has 8 nitrogen and oxygen atoms in total. The Bertz CT molecular complexity index is 894. The Morgan fingerprint density at radius 2 is 1.92 bits per heavy atom. The van der Waals surface area contributed by atoms with Gasteiger partial charge in [-0.1, -0.05) is 25.4 Å². The number of nitrogens with zero attached hydrogens (tertiary/aromatic N) is 1. The monoisotopic (exact) mass is 377 g/mol. The molecule has 0 saturated heterocycles. The Morgan fingerprint density at radius 3 is 2.50 bits per heavy atom. The van der Waals surface area contributed by atoms with Gasteiger partial charge in [0.15, 0.2) is 0 Å². The lowest BCUT2D eigenvalue weighted by Crippen LogP contribution is -2.43. The highest BCUT2D eigenvalue weighted by atomic mass is 35.5. The van der Waals surface area contributed by atoms with Crippen LogP contribution in [0, 0.1) is 5.92 Å². The van der Waals surface area contributed by atoms with Gasteiger partial charge in [0, 0.05) is 11.8 Å². The number of aromatic nitrogens is 1. The van der Waals surface area contributed by atoms with Crippen LogP contribution in [0.15, 0.2) is 41.3 Å². The number of benzene rings is 1. The van der Waals surface area contributed by atoms with E-state index in [0.717, 1.165) is 0 Å². The lowest BCUT2D eigenvalue weighted by atomic mass is 10.0. The van der Waals surface area contributed by atoms with E-state index < -0.39 is 23.4 Å². The third-order valence-electron chi connectivity index (χ3n) is 3.83. The predicted molar refractivity (Wildman–Crippen MR) is 101 cm³/mol. The van der Waals surface area contributed by atoms with Crippen LogP contribution in [-0.2, 0) is 4.79 Å². The summed E-state index contributed by atoms with van der Waals surface area (Å²) >= 11 is 5.92. The molecule has 1 aromatic heterocycles. The average molecular weight is 378 g/mol. The lowest BCUT2D eigenvalue weighted by Gasteiger charge is -2.22. The second-order valence-electron chi connectivity index (χ2n) is 6.02. The molecule has 0 radical (unpaired) electrons. The van der Waals surface area contributed by atoms with Crippen molar-refractivity contribution in [3.63, 3.8) is 0 Å². The minimum absolute atomic E-state index is 0.0286. The minimum atomic E-state index is -0.810. The van der Waals surface area contributed by atoms with Gasteiger partial charge in [0.1, 0.15) is 11.7 Å². The van der Waals surface area contributed by atoms with E-state index in [-0.39, 0.29) is 22.2 Å². The maximum absolute atomic E-state index is 12.7. The molecule has 1 heterocycles. The summed E-state index contributed by atoms with van der Waals surface area (Å²) in [6.45, 7) is 3.57. The molecule has 2 aromatic rings. The fourth-order valence-corrected chi connectivity index (χ4v) is 2.70. The third-order valence-corrected chi connectivity index (χ3v) is 4.15. The highest BCUT2D eigenvalue weighted by Gasteiger charge is 2.25. The van der Waals surface area contributed by atoms with Gasteiger partial charge in [-0.25, -0.2) is 5.84 Å². The first-order valence-electron chi connectivity index (χ1n) is 7.84. The van der Waals surface area contributed by atoms with Crippen LogP contribution in [-0.4, -0.2) is 16.4 Å². The van der Waals surface area contributed by atoms with Crippen molar-refractivity contribution in [2.75, 3.05) is 11.1 Å². The second kappa shape index (κ2) is 8.03. The smallest absolute Gasteiger partial charge is 0.275 e. The lowest BCUT2D eigenvalue weighted by molar-refractivity contribution is -0.125. The van der Waals surface area contributed by atoms with E-state index in [1.54, 1.807) is 19.9 Å². The van der Waals surface area contributed by atoms with Gasteiger partial charge in [-0.15, -0.1) is 0 Å². The summed E-state index contributed by atoms with van der Waals surface area (Å²) in [6.07, 6.45) is 1.47. The summed E-state index contributed by atoms with van der Waals surface area (Å²) in [7, 11) is 0. The van der Waals surface area contributed by atoms with E-state index >= 15 is 0 Å². The first-order valence-corrected chi connectivity index (χ1v) is 8.22. The number of nitrogen functional groups attached to an aromatic ring is 1. The molecule has 0 spiro atoms. The Balaban J connectivity index is 2.36. The Morgan fingerprint density at radius 1 is 1.23 bits per heavy atom. The fourth-order valence-electron chi connectivity index (χ4n) is 2.52. The molecule has 1 aromatic carbocycles. The van der Waals surface area contributed by atoms with Crippen molar-refractivity contribution >= 4 is 34.8 Å². The zero-order chi connectivity index (χ0) is 19.4. The molecule has 2 rings (SSSR count). The zero-order valence-corrected chi connectivity index (χ0v) is 15.1. The number of rotatable bonds is 5. The van der Waals surface area contributed by atoms with E-state index in [2.05, 4.69) is 10.7 Å². The van der Waals surface area contributed by atoms with Crippen molar-refractivity contribution in [2.45, 2.75) is 19.9 Å². The van der Waals surface area contributed by atoms with Crippen molar-refractivity contribution in [1.82, 2.24) is 9.99 Å². The Labute approximate surface area is 155 Å². The van der Waals surface area contributed by atoms with Crippen molar-refractivity contribution in [3.8, 4) is 0 Å². The van der Waals surface area contributed by atoms with Gasteiger partial charge >= 0.3 is 0 Å². The molecule has 1 unspecified atom stereocenters. The molecular formula is C17H20ClN5O3. The molecule has 0 saturated carbocycles. The van der Waals surface area contributed by atoms with Gasteiger partial charge in [0.05, 0.1) is 10.7 Å². The van der Waals surface area contributed by atoms with Gasteiger partial charge in [-0.3, -0.25) is 19.8 Å². The standard InChI is InChI=1S/C17H20ClN5O3/c1-9(2)14(16(25)22-20)23-7-3-4-13(17(23)26)21-15(24)10-5-6-12(19)11(18)8-10/h3-9,14H,19-20H2,1-2H3,(H,21,24)(H,22,25). The molecule has 138 valence electrons. The van der Waals surface area contributed by atoms with Gasteiger partial charge in [-0.2, -0.15) is 0 Å². The first-order chi connectivity index (χ1) is 12.3. The number of nitrogens with one attached hydrogen (secondary N) is 2. The molecule has 6 N–H and O–H groups in total. The number of anilines is 2. The molecule has 0 bridgehead atoms. The topological polar surface area (TPSA) is 132 Å². The zero-order valence-electron chi connectivity index (χ0n) is 14.3. The quantitative estimate of drug-likeness (QED) is 0.271.